The van der Waals surface area contributed by atoms with Crippen LogP contribution in [0.4, 0.5) is 13.2 Å². The molecule has 2 rings (SSSR count). The smallest absolute Gasteiger partial charge is 0.357 e. The number of guanidine groups is 1. The highest BCUT2D eigenvalue weighted by Crippen LogP contribution is 2.29. The Kier molecular flexibility index (Phi) is 7.42. The van der Waals surface area contributed by atoms with Crippen molar-refractivity contribution >= 4 is 5.96 Å². The number of hydrogen-bond donors (Lipinski definition) is 1. The van der Waals surface area contributed by atoms with Crippen molar-refractivity contribution in [2.45, 2.75) is 45.8 Å². The summed E-state index contributed by atoms with van der Waals surface area (Å²) in [5.74, 6) is 2.07. The molecule has 0 fully saturated rings. The van der Waals surface area contributed by atoms with Gasteiger partial charge in [0, 0.05) is 32.5 Å². The van der Waals surface area contributed by atoms with Crippen molar-refractivity contribution in [2.75, 3.05) is 20.1 Å². The van der Waals surface area contributed by atoms with Crippen molar-refractivity contribution in [3.05, 3.63) is 47.1 Å². The molecule has 0 saturated heterocycles. The SMILES string of the molecule is CCNC(=NCCc1nc(C(C)C)no1)N(C)Cc1ccc(C(F)(F)F)cc1. The molecule has 1 heterocycles. The van der Waals surface area contributed by atoms with Gasteiger partial charge in [-0.1, -0.05) is 31.1 Å². The Morgan fingerprint density at radius 2 is 1.93 bits per heavy atom. The lowest BCUT2D eigenvalue weighted by molar-refractivity contribution is -0.137. The first kappa shape index (κ1) is 21.7. The lowest BCUT2D eigenvalue weighted by atomic mass is 10.1. The van der Waals surface area contributed by atoms with E-state index in [0.717, 1.165) is 17.7 Å². The monoisotopic (exact) mass is 397 g/mol. The Hall–Kier alpha value is -2.58. The van der Waals surface area contributed by atoms with Crippen LogP contribution in [-0.2, 0) is 19.1 Å². The van der Waals surface area contributed by atoms with Crippen LogP contribution in [0.1, 0.15) is 49.5 Å². The second-order valence-electron chi connectivity index (χ2n) is 6.74. The highest BCUT2D eigenvalue weighted by Gasteiger charge is 2.29. The summed E-state index contributed by atoms with van der Waals surface area (Å²) in [5.41, 5.74) is 0.111. The van der Waals surface area contributed by atoms with Gasteiger partial charge in [-0.05, 0) is 24.6 Å². The Bertz CT molecular complexity index is 769. The van der Waals surface area contributed by atoms with Crippen LogP contribution in [0, 0.1) is 0 Å². The normalized spacial score (nSPS) is 12.5. The second-order valence-corrected chi connectivity index (χ2v) is 6.74. The molecule has 0 spiro atoms. The molecule has 0 amide bonds. The van der Waals surface area contributed by atoms with E-state index in [1.807, 2.05) is 32.7 Å². The topological polar surface area (TPSA) is 66.5 Å². The van der Waals surface area contributed by atoms with Crippen LogP contribution < -0.4 is 5.32 Å². The summed E-state index contributed by atoms with van der Waals surface area (Å²) in [6, 6.07) is 5.15. The minimum absolute atomic E-state index is 0.202. The number of rotatable bonds is 7. The minimum Gasteiger partial charge on any atom is -0.357 e. The molecule has 154 valence electrons. The van der Waals surface area contributed by atoms with Gasteiger partial charge in [-0.2, -0.15) is 18.2 Å². The highest BCUT2D eigenvalue weighted by atomic mass is 19.4. The van der Waals surface area contributed by atoms with Gasteiger partial charge in [-0.25, -0.2) is 0 Å². The molecular weight excluding hydrogens is 371 g/mol. The molecular formula is C19H26F3N5O. The molecule has 2 aromatic rings. The summed E-state index contributed by atoms with van der Waals surface area (Å²) in [7, 11) is 1.84. The zero-order valence-electron chi connectivity index (χ0n) is 16.5. The number of benzene rings is 1. The molecule has 1 aromatic heterocycles. The van der Waals surface area contributed by atoms with E-state index in [0.29, 0.717) is 43.7 Å². The van der Waals surface area contributed by atoms with Gasteiger partial charge in [0.05, 0.1) is 12.1 Å². The number of aliphatic imine (C=N–C) groups is 1. The number of aromatic nitrogens is 2. The van der Waals surface area contributed by atoms with Crippen molar-refractivity contribution < 1.29 is 17.7 Å². The molecule has 0 radical (unpaired) electrons. The molecule has 0 aliphatic carbocycles. The zero-order valence-corrected chi connectivity index (χ0v) is 16.5. The molecule has 0 unspecified atom stereocenters. The predicted octanol–water partition coefficient (Wildman–Crippen LogP) is 3.85. The maximum atomic E-state index is 12.7. The number of halogens is 3. The molecule has 0 aliphatic rings. The third-order valence-corrected chi connectivity index (χ3v) is 3.98. The highest BCUT2D eigenvalue weighted by molar-refractivity contribution is 5.79. The summed E-state index contributed by atoms with van der Waals surface area (Å²) in [5, 5.41) is 7.10. The summed E-state index contributed by atoms with van der Waals surface area (Å²) in [6.45, 7) is 7.50. The van der Waals surface area contributed by atoms with Gasteiger partial charge in [0.1, 0.15) is 0 Å². The van der Waals surface area contributed by atoms with Crippen LogP contribution in [0.15, 0.2) is 33.8 Å². The van der Waals surface area contributed by atoms with Crippen LogP contribution >= 0.6 is 0 Å². The van der Waals surface area contributed by atoms with E-state index < -0.39 is 11.7 Å². The molecule has 0 saturated carbocycles. The average Bonchev–Trinajstić information content (AvgIpc) is 3.10. The van der Waals surface area contributed by atoms with E-state index in [1.165, 1.54) is 12.1 Å². The predicted molar refractivity (Wildman–Crippen MR) is 101 cm³/mol. The molecule has 6 nitrogen and oxygen atoms in total. The summed E-state index contributed by atoms with van der Waals surface area (Å²) in [4.78, 5) is 10.7. The minimum atomic E-state index is -4.33. The third-order valence-electron chi connectivity index (χ3n) is 3.98. The Morgan fingerprint density at radius 1 is 1.25 bits per heavy atom. The largest absolute Gasteiger partial charge is 0.416 e. The molecule has 28 heavy (non-hydrogen) atoms. The second kappa shape index (κ2) is 9.57. The van der Waals surface area contributed by atoms with Gasteiger partial charge < -0.3 is 14.7 Å². The maximum absolute atomic E-state index is 12.7. The number of nitrogens with zero attached hydrogens (tertiary/aromatic N) is 4. The van der Waals surface area contributed by atoms with E-state index in [4.69, 9.17) is 4.52 Å². The zero-order chi connectivity index (χ0) is 20.7. The van der Waals surface area contributed by atoms with Gasteiger partial charge in [0.25, 0.3) is 0 Å². The lowest BCUT2D eigenvalue weighted by Gasteiger charge is -2.22. The fraction of sp³-hybridized carbons (Fsp3) is 0.526. The van der Waals surface area contributed by atoms with E-state index in [2.05, 4.69) is 20.4 Å². The van der Waals surface area contributed by atoms with Crippen LogP contribution in [-0.4, -0.2) is 41.1 Å². The van der Waals surface area contributed by atoms with Crippen LogP contribution in [0.3, 0.4) is 0 Å². The first-order valence-electron chi connectivity index (χ1n) is 9.18. The van der Waals surface area contributed by atoms with Crippen LogP contribution in [0.2, 0.25) is 0 Å². The maximum Gasteiger partial charge on any atom is 0.416 e. The molecule has 9 heteroatoms. The molecule has 1 aromatic carbocycles. The third kappa shape index (κ3) is 6.24. The molecule has 0 aliphatic heterocycles. The molecule has 1 N–H and O–H groups in total. The first-order chi connectivity index (χ1) is 13.2. The standard InChI is InChI=1S/C19H26F3N5O/c1-5-23-18(24-11-10-16-25-17(13(2)3)26-28-16)27(4)12-14-6-8-15(9-7-14)19(20,21)22/h6-9,13H,5,10-12H2,1-4H3,(H,23,24). The van der Waals surface area contributed by atoms with E-state index in [9.17, 15) is 13.2 Å². The van der Waals surface area contributed by atoms with Crippen LogP contribution in [0.25, 0.3) is 0 Å². The number of nitrogens with one attached hydrogen (secondary N) is 1. The average molecular weight is 397 g/mol. The van der Waals surface area contributed by atoms with Crippen molar-refractivity contribution in [1.29, 1.82) is 0 Å². The number of hydrogen-bond acceptors (Lipinski definition) is 4. The van der Waals surface area contributed by atoms with Crippen molar-refractivity contribution in [1.82, 2.24) is 20.4 Å². The Labute approximate surface area is 162 Å². The van der Waals surface area contributed by atoms with Crippen LogP contribution in [0.5, 0.6) is 0 Å². The van der Waals surface area contributed by atoms with Crippen molar-refractivity contribution in [3.8, 4) is 0 Å². The van der Waals surface area contributed by atoms with Crippen molar-refractivity contribution in [2.24, 2.45) is 4.99 Å². The van der Waals surface area contributed by atoms with Crippen molar-refractivity contribution in [3.63, 3.8) is 0 Å². The Morgan fingerprint density at radius 3 is 2.46 bits per heavy atom. The summed E-state index contributed by atoms with van der Waals surface area (Å²) < 4.78 is 43.2. The van der Waals surface area contributed by atoms with Gasteiger partial charge in [0.2, 0.25) is 5.89 Å². The fourth-order valence-electron chi connectivity index (χ4n) is 2.48. The van der Waals surface area contributed by atoms with Gasteiger partial charge in [0.15, 0.2) is 11.8 Å². The summed E-state index contributed by atoms with van der Waals surface area (Å²) in [6.07, 6.45) is -3.81. The number of alkyl halides is 3. The Balaban J connectivity index is 1.97. The quantitative estimate of drug-likeness (QED) is 0.568. The fourth-order valence-corrected chi connectivity index (χ4v) is 2.48. The summed E-state index contributed by atoms with van der Waals surface area (Å²) >= 11 is 0. The molecule has 0 atom stereocenters. The van der Waals surface area contributed by atoms with E-state index >= 15 is 0 Å². The van der Waals surface area contributed by atoms with Gasteiger partial charge >= 0.3 is 6.18 Å². The van der Waals surface area contributed by atoms with E-state index in [-0.39, 0.29) is 5.92 Å². The lowest BCUT2D eigenvalue weighted by Crippen LogP contribution is -2.38. The first-order valence-corrected chi connectivity index (χ1v) is 9.18. The van der Waals surface area contributed by atoms with E-state index in [1.54, 1.807) is 0 Å². The van der Waals surface area contributed by atoms with Gasteiger partial charge in [-0.15, -0.1) is 0 Å². The van der Waals surface area contributed by atoms with Gasteiger partial charge in [-0.3, -0.25) is 4.99 Å². The molecule has 0 bridgehead atoms.